The van der Waals surface area contributed by atoms with Crippen molar-refractivity contribution in [2.45, 2.75) is 45.2 Å². The van der Waals surface area contributed by atoms with Gasteiger partial charge in [-0.3, -0.25) is 4.90 Å². The maximum atomic E-state index is 3.75. The van der Waals surface area contributed by atoms with Crippen molar-refractivity contribution in [3.05, 3.63) is 77.5 Å². The van der Waals surface area contributed by atoms with Gasteiger partial charge < -0.3 is 9.88 Å². The van der Waals surface area contributed by atoms with Gasteiger partial charge in [-0.15, -0.1) is 0 Å². The predicted molar refractivity (Wildman–Crippen MR) is 124 cm³/mol. The molecule has 3 nitrogen and oxygen atoms in total. The number of rotatable bonds is 5. The summed E-state index contributed by atoms with van der Waals surface area (Å²) in [6.07, 6.45) is 7.70. The highest BCUT2D eigenvalue weighted by atomic mass is 15.2. The molecule has 2 atom stereocenters. The first-order chi connectivity index (χ1) is 14.8. The summed E-state index contributed by atoms with van der Waals surface area (Å²) < 4.78 is 2.62. The molecule has 6 rings (SSSR count). The largest absolute Gasteiger partial charge is 0.314 e. The Morgan fingerprint density at radius 3 is 2.70 bits per heavy atom. The zero-order valence-corrected chi connectivity index (χ0v) is 17.9. The van der Waals surface area contributed by atoms with E-state index in [4.69, 9.17) is 0 Å². The van der Waals surface area contributed by atoms with Crippen LogP contribution in [0.4, 0.5) is 0 Å². The Labute approximate surface area is 179 Å². The molecular formula is C27H31N3. The van der Waals surface area contributed by atoms with Crippen LogP contribution in [0.3, 0.4) is 0 Å². The normalized spacial score (nSPS) is 25.2. The molecule has 4 heterocycles. The summed E-state index contributed by atoms with van der Waals surface area (Å²) in [5.74, 6) is 0. The zero-order chi connectivity index (χ0) is 20.1. The highest BCUT2D eigenvalue weighted by Gasteiger charge is 2.50. The Balaban J connectivity index is 1.46. The Hall–Kier alpha value is -2.36. The van der Waals surface area contributed by atoms with Crippen molar-refractivity contribution in [3.63, 3.8) is 0 Å². The average Bonchev–Trinajstić information content (AvgIpc) is 3.14. The lowest BCUT2D eigenvalue weighted by Gasteiger charge is -2.53. The second kappa shape index (κ2) is 7.11. The Morgan fingerprint density at radius 1 is 1.00 bits per heavy atom. The van der Waals surface area contributed by atoms with Crippen LogP contribution in [-0.2, 0) is 13.0 Å². The molecule has 3 aliphatic rings. The van der Waals surface area contributed by atoms with E-state index in [1.165, 1.54) is 60.9 Å². The van der Waals surface area contributed by atoms with Gasteiger partial charge in [0.2, 0.25) is 0 Å². The van der Waals surface area contributed by atoms with Crippen LogP contribution in [0, 0.1) is 5.41 Å². The van der Waals surface area contributed by atoms with Crippen LogP contribution in [-0.4, -0.2) is 29.1 Å². The molecule has 0 radical (unpaired) electrons. The van der Waals surface area contributed by atoms with E-state index < -0.39 is 0 Å². The van der Waals surface area contributed by atoms with Gasteiger partial charge in [-0.1, -0.05) is 61.5 Å². The third kappa shape index (κ3) is 2.65. The van der Waals surface area contributed by atoms with E-state index in [9.17, 15) is 0 Å². The van der Waals surface area contributed by atoms with Crippen LogP contribution in [0.15, 0.2) is 60.7 Å². The summed E-state index contributed by atoms with van der Waals surface area (Å²) in [5.41, 5.74) is 7.68. The Bertz CT molecular complexity index is 1110. The van der Waals surface area contributed by atoms with Crippen molar-refractivity contribution in [2.24, 2.45) is 5.41 Å². The Kier molecular flexibility index (Phi) is 4.36. The van der Waals surface area contributed by atoms with Gasteiger partial charge >= 0.3 is 0 Å². The second-order valence-electron chi connectivity index (χ2n) is 9.32. The molecule has 0 spiro atoms. The van der Waals surface area contributed by atoms with Crippen LogP contribution >= 0.6 is 0 Å². The monoisotopic (exact) mass is 397 g/mol. The van der Waals surface area contributed by atoms with Crippen molar-refractivity contribution in [1.82, 2.24) is 14.8 Å². The summed E-state index contributed by atoms with van der Waals surface area (Å²) >= 11 is 0. The standard InChI is InChI=1S/C27H31N3/c1-2-27-14-8-15-29-16-13-23-22-11-6-7-12-24(22)30(25(23)26(27)29)21(17-27)19-28-18-20-9-4-3-5-10-20/h3-7,9-12,17,26,28H,2,8,13-16,18-19H2,1H3/t26-,27+/m1/s1. The van der Waals surface area contributed by atoms with E-state index in [1.54, 1.807) is 11.3 Å². The average molecular weight is 398 g/mol. The third-order valence-corrected chi connectivity index (χ3v) is 7.80. The summed E-state index contributed by atoms with van der Waals surface area (Å²) in [4.78, 5) is 2.79. The van der Waals surface area contributed by atoms with Gasteiger partial charge in [0.25, 0.3) is 0 Å². The van der Waals surface area contributed by atoms with Crippen molar-refractivity contribution < 1.29 is 0 Å². The zero-order valence-electron chi connectivity index (χ0n) is 17.9. The molecule has 2 aromatic carbocycles. The first-order valence-corrected chi connectivity index (χ1v) is 11.6. The first kappa shape index (κ1) is 18.4. The molecule has 1 N–H and O–H groups in total. The molecule has 1 aromatic heterocycles. The van der Waals surface area contributed by atoms with Crippen LogP contribution in [0.5, 0.6) is 0 Å². The third-order valence-electron chi connectivity index (χ3n) is 7.80. The molecular weight excluding hydrogens is 366 g/mol. The van der Waals surface area contributed by atoms with E-state index in [0.717, 1.165) is 13.1 Å². The molecule has 0 aliphatic carbocycles. The minimum absolute atomic E-state index is 0.279. The molecule has 0 saturated carbocycles. The molecule has 154 valence electrons. The maximum absolute atomic E-state index is 3.75. The molecule has 3 aliphatic heterocycles. The van der Waals surface area contributed by atoms with Gasteiger partial charge in [0.05, 0.1) is 11.6 Å². The predicted octanol–water partition coefficient (Wildman–Crippen LogP) is 5.38. The van der Waals surface area contributed by atoms with Gasteiger partial charge in [0, 0.05) is 41.8 Å². The van der Waals surface area contributed by atoms with E-state index in [1.807, 2.05) is 0 Å². The summed E-state index contributed by atoms with van der Waals surface area (Å²) in [6, 6.07) is 20.4. The topological polar surface area (TPSA) is 20.2 Å². The van der Waals surface area contributed by atoms with Gasteiger partial charge in [-0.05, 0) is 49.4 Å². The minimum atomic E-state index is 0.279. The number of nitrogens with one attached hydrogen (secondary N) is 1. The molecule has 1 fully saturated rings. The SMILES string of the molecule is CC[C@@]12C=C(CNCc3ccccc3)n3c4c(c5ccccc53)CCN(CCC1)[C@H]42. The van der Waals surface area contributed by atoms with Gasteiger partial charge in [-0.2, -0.15) is 0 Å². The van der Waals surface area contributed by atoms with Crippen LogP contribution in [0.25, 0.3) is 16.6 Å². The maximum Gasteiger partial charge on any atom is 0.0599 e. The molecule has 3 heteroatoms. The number of para-hydroxylation sites is 1. The molecule has 1 saturated heterocycles. The van der Waals surface area contributed by atoms with Crippen LogP contribution in [0.2, 0.25) is 0 Å². The van der Waals surface area contributed by atoms with Crippen molar-refractivity contribution in [3.8, 4) is 0 Å². The van der Waals surface area contributed by atoms with Crippen molar-refractivity contribution in [2.75, 3.05) is 19.6 Å². The lowest BCUT2D eigenvalue weighted by Crippen LogP contribution is -2.51. The number of hydrogen-bond acceptors (Lipinski definition) is 2. The fourth-order valence-corrected chi connectivity index (χ4v) is 6.45. The highest BCUT2D eigenvalue weighted by molar-refractivity contribution is 5.90. The molecule has 0 unspecified atom stereocenters. The molecule has 0 amide bonds. The molecule has 0 bridgehead atoms. The van der Waals surface area contributed by atoms with Gasteiger partial charge in [0.1, 0.15) is 0 Å². The lowest BCUT2D eigenvalue weighted by molar-refractivity contribution is 0.0268. The summed E-state index contributed by atoms with van der Waals surface area (Å²) in [7, 11) is 0. The van der Waals surface area contributed by atoms with E-state index in [0.29, 0.717) is 6.04 Å². The van der Waals surface area contributed by atoms with E-state index >= 15 is 0 Å². The van der Waals surface area contributed by atoms with E-state index in [-0.39, 0.29) is 5.41 Å². The number of hydrogen-bond donors (Lipinski definition) is 1. The molecule has 3 aromatic rings. The van der Waals surface area contributed by atoms with Gasteiger partial charge in [0.15, 0.2) is 0 Å². The number of piperidine rings is 1. The number of benzene rings is 2. The minimum Gasteiger partial charge on any atom is -0.314 e. The van der Waals surface area contributed by atoms with Crippen LogP contribution in [0.1, 0.15) is 49.0 Å². The summed E-state index contributed by atoms with van der Waals surface area (Å²) in [6.45, 7) is 6.69. The lowest BCUT2D eigenvalue weighted by atomic mass is 9.66. The first-order valence-electron chi connectivity index (χ1n) is 11.6. The van der Waals surface area contributed by atoms with E-state index in [2.05, 4.69) is 82.4 Å². The second-order valence-corrected chi connectivity index (χ2v) is 9.32. The number of fused-ring (bicyclic) bond motifs is 3. The molecule has 30 heavy (non-hydrogen) atoms. The number of nitrogens with zero attached hydrogens (tertiary/aromatic N) is 2. The van der Waals surface area contributed by atoms with Crippen molar-refractivity contribution in [1.29, 1.82) is 0 Å². The van der Waals surface area contributed by atoms with Gasteiger partial charge in [-0.25, -0.2) is 0 Å². The fourth-order valence-electron chi connectivity index (χ4n) is 6.45. The fraction of sp³-hybridized carbons (Fsp3) is 0.407. The van der Waals surface area contributed by atoms with Crippen molar-refractivity contribution >= 4 is 16.6 Å². The van der Waals surface area contributed by atoms with Crippen LogP contribution < -0.4 is 5.32 Å². The highest BCUT2D eigenvalue weighted by Crippen LogP contribution is 2.56. The number of aromatic nitrogens is 1. The summed E-state index contributed by atoms with van der Waals surface area (Å²) in [5, 5.41) is 5.22. The quantitative estimate of drug-likeness (QED) is 0.624. The Morgan fingerprint density at radius 2 is 1.83 bits per heavy atom. The smallest absolute Gasteiger partial charge is 0.0599 e.